The molecule has 0 bridgehead atoms. The normalized spacial score (nSPS) is 10.3. The first-order chi connectivity index (χ1) is 10.4. The first kappa shape index (κ1) is 17.3. The van der Waals surface area contributed by atoms with Gasteiger partial charge in [0, 0.05) is 23.9 Å². The van der Waals surface area contributed by atoms with E-state index in [-0.39, 0.29) is 12.3 Å². The van der Waals surface area contributed by atoms with Gasteiger partial charge in [-0.25, -0.2) is 18.4 Å². The smallest absolute Gasteiger partial charge is 0.331 e. The van der Waals surface area contributed by atoms with E-state index < -0.39 is 36.1 Å². The number of amides is 1. The Kier molecular flexibility index (Phi) is 6.68. The summed E-state index contributed by atoms with van der Waals surface area (Å²) in [4.78, 5) is 33.6. The highest BCUT2D eigenvalue weighted by molar-refractivity contribution is 5.95. The fourth-order valence-electron chi connectivity index (χ4n) is 1.28. The maximum Gasteiger partial charge on any atom is 0.331 e. The quantitative estimate of drug-likeness (QED) is 0.637. The highest BCUT2D eigenvalue weighted by atomic mass is 19.2. The molecule has 6 nitrogen and oxygen atoms in total. The molecule has 1 N–H and O–H groups in total. The third-order valence-corrected chi connectivity index (χ3v) is 2.19. The van der Waals surface area contributed by atoms with Gasteiger partial charge in [-0.2, -0.15) is 0 Å². The number of carbonyl (C=O) groups is 3. The summed E-state index contributed by atoms with van der Waals surface area (Å²) < 4.78 is 34.7. The van der Waals surface area contributed by atoms with Gasteiger partial charge in [-0.3, -0.25) is 4.79 Å². The predicted octanol–water partition coefficient (Wildman–Crippen LogP) is 1.57. The lowest BCUT2D eigenvalue weighted by Gasteiger charge is -2.05. The van der Waals surface area contributed by atoms with Gasteiger partial charge in [0.25, 0.3) is 5.91 Å². The van der Waals surface area contributed by atoms with Gasteiger partial charge in [0.2, 0.25) is 0 Å². The molecular formula is C14H13F2NO5. The molecule has 1 rings (SSSR count). The Balaban J connectivity index is 2.41. The van der Waals surface area contributed by atoms with Crippen LogP contribution in [-0.4, -0.2) is 31.1 Å². The number of hydrogen-bond acceptors (Lipinski definition) is 5. The van der Waals surface area contributed by atoms with E-state index in [9.17, 15) is 23.2 Å². The second-order valence-corrected chi connectivity index (χ2v) is 3.87. The van der Waals surface area contributed by atoms with Crippen LogP contribution >= 0.6 is 0 Å². The minimum absolute atomic E-state index is 0.0158. The summed E-state index contributed by atoms with van der Waals surface area (Å²) in [5.41, 5.74) is 0.0158. The molecule has 22 heavy (non-hydrogen) atoms. The van der Waals surface area contributed by atoms with Crippen LogP contribution in [0.1, 0.15) is 6.92 Å². The Hall–Kier alpha value is -2.77. The van der Waals surface area contributed by atoms with Crippen molar-refractivity contribution in [2.24, 2.45) is 0 Å². The molecule has 118 valence electrons. The predicted molar refractivity (Wildman–Crippen MR) is 71.7 cm³/mol. The van der Waals surface area contributed by atoms with E-state index in [2.05, 4.69) is 14.8 Å². The summed E-state index contributed by atoms with van der Waals surface area (Å²) in [6.45, 7) is 1.12. The largest absolute Gasteiger partial charge is 0.463 e. The van der Waals surface area contributed by atoms with E-state index in [4.69, 9.17) is 0 Å². The number of nitrogens with one attached hydrogen (secondary N) is 1. The van der Waals surface area contributed by atoms with Crippen molar-refractivity contribution in [2.45, 2.75) is 6.92 Å². The van der Waals surface area contributed by atoms with Crippen molar-refractivity contribution in [3.8, 4) is 0 Å². The number of benzene rings is 1. The van der Waals surface area contributed by atoms with E-state index in [0.29, 0.717) is 0 Å². The number of hydrogen-bond donors (Lipinski definition) is 1. The second-order valence-electron chi connectivity index (χ2n) is 3.87. The van der Waals surface area contributed by atoms with E-state index in [1.54, 1.807) is 6.92 Å². The van der Waals surface area contributed by atoms with E-state index in [1.807, 2.05) is 0 Å². The molecule has 1 aromatic carbocycles. The molecule has 0 fully saturated rings. The fourth-order valence-corrected chi connectivity index (χ4v) is 1.28. The van der Waals surface area contributed by atoms with Gasteiger partial charge in [0.15, 0.2) is 18.2 Å². The number of halogens is 2. The van der Waals surface area contributed by atoms with Gasteiger partial charge in [0.05, 0.1) is 6.61 Å². The third kappa shape index (κ3) is 6.12. The Labute approximate surface area is 124 Å². The van der Waals surface area contributed by atoms with Crippen LogP contribution in [0.25, 0.3) is 0 Å². The first-order valence-electron chi connectivity index (χ1n) is 6.19. The van der Waals surface area contributed by atoms with Crippen LogP contribution < -0.4 is 5.32 Å². The molecule has 0 aliphatic carbocycles. The molecule has 0 heterocycles. The van der Waals surface area contributed by atoms with Crippen molar-refractivity contribution in [3.63, 3.8) is 0 Å². The van der Waals surface area contributed by atoms with Crippen LogP contribution in [0.15, 0.2) is 30.4 Å². The van der Waals surface area contributed by atoms with Crippen LogP contribution in [0.4, 0.5) is 14.5 Å². The molecule has 0 aromatic heterocycles. The minimum Gasteiger partial charge on any atom is -0.463 e. The summed E-state index contributed by atoms with van der Waals surface area (Å²) in [5.74, 6) is -4.55. The van der Waals surface area contributed by atoms with Crippen molar-refractivity contribution >= 4 is 23.5 Å². The van der Waals surface area contributed by atoms with E-state index in [0.717, 1.165) is 30.4 Å². The van der Waals surface area contributed by atoms with E-state index >= 15 is 0 Å². The van der Waals surface area contributed by atoms with Crippen molar-refractivity contribution in [1.82, 2.24) is 0 Å². The zero-order valence-corrected chi connectivity index (χ0v) is 11.6. The molecule has 0 saturated carbocycles. The number of ether oxygens (including phenoxy) is 2. The van der Waals surface area contributed by atoms with Crippen LogP contribution in [0, 0.1) is 11.6 Å². The Bertz CT molecular complexity index is 601. The summed E-state index contributed by atoms with van der Waals surface area (Å²) in [7, 11) is 0. The Morgan fingerprint density at radius 3 is 2.32 bits per heavy atom. The summed E-state index contributed by atoms with van der Waals surface area (Å²) >= 11 is 0. The number of rotatable bonds is 6. The molecule has 0 aliphatic rings. The van der Waals surface area contributed by atoms with Crippen molar-refractivity contribution in [2.75, 3.05) is 18.5 Å². The lowest BCUT2D eigenvalue weighted by atomic mass is 10.3. The van der Waals surface area contributed by atoms with Crippen molar-refractivity contribution < 1.29 is 32.6 Å². The maximum absolute atomic E-state index is 12.9. The molecule has 0 spiro atoms. The van der Waals surface area contributed by atoms with Gasteiger partial charge in [-0.1, -0.05) is 0 Å². The topological polar surface area (TPSA) is 81.7 Å². The number of carbonyl (C=O) groups excluding carboxylic acids is 3. The zero-order chi connectivity index (χ0) is 16.5. The summed E-state index contributed by atoms with van der Waals surface area (Å²) in [5, 5.41) is 2.21. The van der Waals surface area contributed by atoms with Crippen LogP contribution in [0.5, 0.6) is 0 Å². The average molecular weight is 313 g/mol. The fraction of sp³-hybridized carbons (Fsp3) is 0.214. The van der Waals surface area contributed by atoms with Crippen LogP contribution in [-0.2, 0) is 23.9 Å². The van der Waals surface area contributed by atoms with Crippen LogP contribution in [0.2, 0.25) is 0 Å². The lowest BCUT2D eigenvalue weighted by molar-refractivity contribution is -0.143. The van der Waals surface area contributed by atoms with Gasteiger partial charge in [0.1, 0.15) is 0 Å². The molecular weight excluding hydrogens is 300 g/mol. The Morgan fingerprint density at radius 1 is 1.09 bits per heavy atom. The molecule has 0 radical (unpaired) electrons. The molecule has 1 amide bonds. The second kappa shape index (κ2) is 8.50. The molecule has 8 heteroatoms. The average Bonchev–Trinajstić information content (AvgIpc) is 2.47. The SMILES string of the molecule is CCOC(=O)/C=C/C(=O)OCC(=O)Nc1ccc(F)c(F)c1. The number of anilines is 1. The van der Waals surface area contributed by atoms with Gasteiger partial charge in [-0.15, -0.1) is 0 Å². The van der Waals surface area contributed by atoms with Gasteiger partial charge >= 0.3 is 11.9 Å². The molecule has 0 unspecified atom stereocenters. The molecule has 1 aromatic rings. The lowest BCUT2D eigenvalue weighted by Crippen LogP contribution is -2.20. The first-order valence-corrected chi connectivity index (χ1v) is 6.19. The number of esters is 2. The van der Waals surface area contributed by atoms with Gasteiger partial charge < -0.3 is 14.8 Å². The Morgan fingerprint density at radius 2 is 1.73 bits per heavy atom. The molecule has 0 saturated heterocycles. The maximum atomic E-state index is 12.9. The molecule has 0 aliphatic heterocycles. The van der Waals surface area contributed by atoms with Gasteiger partial charge in [-0.05, 0) is 19.1 Å². The van der Waals surface area contributed by atoms with Crippen molar-refractivity contribution in [3.05, 3.63) is 42.0 Å². The highest BCUT2D eigenvalue weighted by Gasteiger charge is 2.08. The molecule has 0 atom stereocenters. The van der Waals surface area contributed by atoms with Crippen molar-refractivity contribution in [1.29, 1.82) is 0 Å². The standard InChI is InChI=1S/C14H13F2NO5/c1-2-21-13(19)5-6-14(20)22-8-12(18)17-9-3-4-10(15)11(16)7-9/h3-7H,2,8H2,1H3,(H,17,18)/b6-5+. The highest BCUT2D eigenvalue weighted by Crippen LogP contribution is 2.12. The monoisotopic (exact) mass is 313 g/mol. The minimum atomic E-state index is -1.12. The van der Waals surface area contributed by atoms with E-state index in [1.165, 1.54) is 0 Å². The zero-order valence-electron chi connectivity index (χ0n) is 11.6. The summed E-state index contributed by atoms with van der Waals surface area (Å²) in [6, 6.07) is 2.79. The third-order valence-electron chi connectivity index (χ3n) is 2.19. The van der Waals surface area contributed by atoms with Crippen LogP contribution in [0.3, 0.4) is 0 Å². The summed E-state index contributed by atoms with van der Waals surface area (Å²) in [6.07, 6.45) is 1.67.